The molecule has 7 heteroatoms. The van der Waals surface area contributed by atoms with Crippen LogP contribution in [0.5, 0.6) is 0 Å². The first-order valence-electron chi connectivity index (χ1n) is 11.6. The molecule has 5 rings (SSSR count). The lowest BCUT2D eigenvalue weighted by Crippen LogP contribution is -2.55. The summed E-state index contributed by atoms with van der Waals surface area (Å²) in [4.78, 5) is 44.9. The van der Waals surface area contributed by atoms with Crippen molar-refractivity contribution in [2.45, 2.75) is 31.5 Å². The summed E-state index contributed by atoms with van der Waals surface area (Å²) < 4.78 is 0. The lowest BCUT2D eigenvalue weighted by Gasteiger charge is -2.30. The van der Waals surface area contributed by atoms with E-state index < -0.39 is 17.4 Å². The lowest BCUT2D eigenvalue weighted by molar-refractivity contribution is -0.143. The number of nitrogens with one attached hydrogen (secondary N) is 1. The summed E-state index contributed by atoms with van der Waals surface area (Å²) in [5.74, 6) is -1.11. The van der Waals surface area contributed by atoms with Crippen molar-refractivity contribution < 1.29 is 14.4 Å². The summed E-state index contributed by atoms with van der Waals surface area (Å²) >= 11 is 1.70. The van der Waals surface area contributed by atoms with E-state index in [9.17, 15) is 14.4 Å². The predicted octanol–water partition coefficient (Wildman–Crippen LogP) is 3.33. The summed E-state index contributed by atoms with van der Waals surface area (Å²) in [6.45, 7) is 6.49. The highest BCUT2D eigenvalue weighted by molar-refractivity contribution is 7.98. The molecular weight excluding hydrogens is 446 g/mol. The zero-order valence-corrected chi connectivity index (χ0v) is 20.3. The molecule has 2 aromatic rings. The van der Waals surface area contributed by atoms with E-state index in [1.54, 1.807) is 16.7 Å². The molecule has 0 radical (unpaired) electrons. The number of hydrogen-bond acceptors (Lipinski definition) is 5. The van der Waals surface area contributed by atoms with Crippen molar-refractivity contribution in [3.63, 3.8) is 0 Å². The first kappa shape index (κ1) is 22.9. The number of fused-ring (bicyclic) bond motifs is 4. The summed E-state index contributed by atoms with van der Waals surface area (Å²) in [5, 5.41) is 3.56. The maximum absolute atomic E-state index is 14.1. The Balaban J connectivity index is 1.61. The standard InChI is InChI=1S/C27H29N3O3S/c1-17(2)15-29-21-12-8-7-11-19(21)27(26(29)33)23-22(20(28-27)13-14-34-3)24(31)30(25(23)32)16-18-9-5-4-6-10-18/h4-12,20,22-23,28H,1,13-16H2,2-3H3/t20-,22+,23-,27+/m0/s1. The molecule has 6 nitrogen and oxygen atoms in total. The van der Waals surface area contributed by atoms with Gasteiger partial charge in [0.05, 0.1) is 18.4 Å². The number of amides is 3. The average molecular weight is 476 g/mol. The Morgan fingerprint density at radius 1 is 1.03 bits per heavy atom. The smallest absolute Gasteiger partial charge is 0.253 e. The molecule has 176 valence electrons. The zero-order valence-electron chi connectivity index (χ0n) is 19.5. The number of rotatable bonds is 7. The molecule has 3 heterocycles. The van der Waals surface area contributed by atoms with Crippen molar-refractivity contribution >= 4 is 35.2 Å². The Bertz CT molecular complexity index is 1170. The molecule has 1 N–H and O–H groups in total. The van der Waals surface area contributed by atoms with Crippen LogP contribution in [-0.4, -0.2) is 47.2 Å². The van der Waals surface area contributed by atoms with Gasteiger partial charge in [-0.2, -0.15) is 11.8 Å². The molecule has 2 fully saturated rings. The van der Waals surface area contributed by atoms with Crippen molar-refractivity contribution in [2.75, 3.05) is 23.5 Å². The highest BCUT2D eigenvalue weighted by Crippen LogP contribution is 2.55. The van der Waals surface area contributed by atoms with Gasteiger partial charge in [0.2, 0.25) is 11.8 Å². The number of anilines is 1. The van der Waals surface area contributed by atoms with Crippen molar-refractivity contribution in [1.29, 1.82) is 0 Å². The highest BCUT2D eigenvalue weighted by Gasteiger charge is 2.71. The van der Waals surface area contributed by atoms with E-state index >= 15 is 0 Å². The molecule has 0 aliphatic carbocycles. The third-order valence-corrected chi connectivity index (χ3v) is 7.85. The van der Waals surface area contributed by atoms with Gasteiger partial charge in [-0.05, 0) is 37.0 Å². The molecule has 0 unspecified atom stereocenters. The molecular formula is C27H29N3O3S. The molecule has 0 bridgehead atoms. The van der Waals surface area contributed by atoms with Crippen LogP contribution in [0.2, 0.25) is 0 Å². The van der Waals surface area contributed by atoms with Crippen molar-refractivity contribution in [1.82, 2.24) is 10.2 Å². The lowest BCUT2D eigenvalue weighted by atomic mass is 9.76. The highest BCUT2D eigenvalue weighted by atomic mass is 32.2. The van der Waals surface area contributed by atoms with Crippen LogP contribution in [0.25, 0.3) is 0 Å². The molecule has 2 saturated heterocycles. The number of benzene rings is 2. The van der Waals surface area contributed by atoms with Crippen molar-refractivity contribution in [3.05, 3.63) is 77.9 Å². The van der Waals surface area contributed by atoms with Gasteiger partial charge in [0.15, 0.2) is 0 Å². The van der Waals surface area contributed by atoms with Crippen LogP contribution in [0.1, 0.15) is 24.5 Å². The van der Waals surface area contributed by atoms with Crippen LogP contribution in [-0.2, 0) is 26.5 Å². The van der Waals surface area contributed by atoms with E-state index in [2.05, 4.69) is 11.9 Å². The van der Waals surface area contributed by atoms with Crippen molar-refractivity contribution in [2.24, 2.45) is 11.8 Å². The molecule has 3 aliphatic rings. The van der Waals surface area contributed by atoms with E-state index in [0.29, 0.717) is 13.0 Å². The van der Waals surface area contributed by atoms with Crippen molar-refractivity contribution in [3.8, 4) is 0 Å². The molecule has 3 amide bonds. The largest absolute Gasteiger partial charge is 0.306 e. The number of nitrogens with zero attached hydrogens (tertiary/aromatic N) is 2. The van der Waals surface area contributed by atoms with Crippen LogP contribution in [0, 0.1) is 11.8 Å². The third-order valence-electron chi connectivity index (χ3n) is 7.20. The fraction of sp³-hybridized carbons (Fsp3) is 0.370. The van der Waals surface area contributed by atoms with E-state index in [1.165, 1.54) is 4.90 Å². The summed E-state index contributed by atoms with van der Waals surface area (Å²) in [5.41, 5.74) is 2.08. The number of thioether (sulfide) groups is 1. The van der Waals surface area contributed by atoms with Crippen LogP contribution >= 0.6 is 11.8 Å². The molecule has 3 aliphatic heterocycles. The minimum Gasteiger partial charge on any atom is -0.306 e. The minimum atomic E-state index is -1.24. The SMILES string of the molecule is C=C(C)CN1C(=O)[C@@]2(N[C@@H](CCSC)[C@H]3C(=O)N(Cc4ccccc4)C(=O)[C@H]32)c2ccccc21. The van der Waals surface area contributed by atoms with E-state index in [0.717, 1.165) is 28.1 Å². The van der Waals surface area contributed by atoms with Gasteiger partial charge in [-0.3, -0.25) is 24.6 Å². The Kier molecular flexibility index (Phi) is 5.86. The third kappa shape index (κ3) is 3.33. The van der Waals surface area contributed by atoms with Gasteiger partial charge in [0.25, 0.3) is 5.91 Å². The van der Waals surface area contributed by atoms with E-state index in [4.69, 9.17) is 0 Å². The second-order valence-corrected chi connectivity index (χ2v) is 10.4. The summed E-state index contributed by atoms with van der Waals surface area (Å²) in [6, 6.07) is 16.9. The van der Waals surface area contributed by atoms with Gasteiger partial charge >= 0.3 is 0 Å². The zero-order chi connectivity index (χ0) is 24.0. The van der Waals surface area contributed by atoms with Gasteiger partial charge in [-0.25, -0.2) is 0 Å². The Hall–Kier alpha value is -2.90. The second-order valence-electron chi connectivity index (χ2n) is 9.46. The van der Waals surface area contributed by atoms with Crippen LogP contribution in [0.15, 0.2) is 66.7 Å². The molecule has 34 heavy (non-hydrogen) atoms. The summed E-state index contributed by atoms with van der Waals surface area (Å²) in [6.07, 6.45) is 2.73. The number of imide groups is 1. The predicted molar refractivity (Wildman–Crippen MR) is 134 cm³/mol. The maximum atomic E-state index is 14.1. The van der Waals surface area contributed by atoms with E-state index in [-0.39, 0.29) is 30.3 Å². The minimum absolute atomic E-state index is 0.166. The molecule has 1 spiro atoms. The van der Waals surface area contributed by atoms with Gasteiger partial charge < -0.3 is 4.90 Å². The molecule has 2 aromatic carbocycles. The maximum Gasteiger partial charge on any atom is 0.253 e. The van der Waals surface area contributed by atoms with Gasteiger partial charge in [0, 0.05) is 23.8 Å². The van der Waals surface area contributed by atoms with Gasteiger partial charge in [0.1, 0.15) is 5.54 Å². The first-order chi connectivity index (χ1) is 16.4. The number of para-hydroxylation sites is 1. The molecule has 0 aromatic heterocycles. The second kappa shape index (κ2) is 8.71. The normalized spacial score (nSPS) is 27.6. The Morgan fingerprint density at radius 2 is 1.74 bits per heavy atom. The average Bonchev–Trinajstić information content (AvgIpc) is 3.39. The fourth-order valence-corrected chi connectivity index (χ4v) is 6.34. The number of likely N-dealkylation sites (tertiary alicyclic amines) is 1. The van der Waals surface area contributed by atoms with Gasteiger partial charge in [-0.15, -0.1) is 0 Å². The Morgan fingerprint density at radius 3 is 2.44 bits per heavy atom. The van der Waals surface area contributed by atoms with Gasteiger partial charge in [-0.1, -0.05) is 60.7 Å². The van der Waals surface area contributed by atoms with Crippen LogP contribution in [0.3, 0.4) is 0 Å². The number of carbonyl (C=O) groups is 3. The van der Waals surface area contributed by atoms with E-state index in [1.807, 2.05) is 67.8 Å². The van der Waals surface area contributed by atoms with Crippen LogP contribution in [0.4, 0.5) is 5.69 Å². The summed E-state index contributed by atoms with van der Waals surface area (Å²) in [7, 11) is 0. The quantitative estimate of drug-likeness (QED) is 0.491. The van der Waals surface area contributed by atoms with Crippen LogP contribution < -0.4 is 10.2 Å². The molecule has 4 atom stereocenters. The topological polar surface area (TPSA) is 69.7 Å². The number of carbonyl (C=O) groups excluding carboxylic acids is 3. The number of hydrogen-bond donors (Lipinski definition) is 1. The fourth-order valence-electron chi connectivity index (χ4n) is 5.85. The Labute approximate surface area is 204 Å². The first-order valence-corrected chi connectivity index (χ1v) is 13.0. The monoisotopic (exact) mass is 475 g/mol. The molecule has 0 saturated carbocycles.